The lowest BCUT2D eigenvalue weighted by Crippen LogP contribution is -2.63. The summed E-state index contributed by atoms with van der Waals surface area (Å²) in [5, 5.41) is 11.0. The van der Waals surface area contributed by atoms with Gasteiger partial charge in [0.25, 0.3) is 5.91 Å². The fourth-order valence-electron chi connectivity index (χ4n) is 7.09. The number of hydrogen-bond acceptors (Lipinski definition) is 6. The number of likely N-dealkylation sites (tertiary alicyclic amines) is 1. The summed E-state index contributed by atoms with van der Waals surface area (Å²) in [5.41, 5.74) is -1.54. The molecule has 0 aromatic carbocycles. The molecule has 4 N–H and O–H groups in total. The molecule has 5 amide bonds. The number of urea groups is 1. The Balaban J connectivity index is 1.84. The SMILES string of the molecule is C#CCCC(NC(=O)C1C2C(CN1C(=O)[C@@H](NC(=O)NC1(CS(C)=O)CCCCC1)C(C)(C)C)C2(C)C)C(=O)C(=O)NCC#C. The van der Waals surface area contributed by atoms with Crippen LogP contribution < -0.4 is 21.3 Å². The lowest BCUT2D eigenvalue weighted by atomic mass is 9.83. The largest absolute Gasteiger partial charge is 0.344 e. The van der Waals surface area contributed by atoms with Crippen molar-refractivity contribution in [3.05, 3.63) is 0 Å². The van der Waals surface area contributed by atoms with Crippen molar-refractivity contribution in [1.29, 1.82) is 0 Å². The molecule has 1 heterocycles. The lowest BCUT2D eigenvalue weighted by molar-refractivity contribution is -0.145. The molecular weight excluding hydrogens is 594 g/mol. The van der Waals surface area contributed by atoms with Crippen molar-refractivity contribution in [2.24, 2.45) is 22.7 Å². The molecule has 45 heavy (non-hydrogen) atoms. The molecule has 2 saturated carbocycles. The van der Waals surface area contributed by atoms with E-state index in [1.807, 2.05) is 34.6 Å². The third-order valence-electron chi connectivity index (χ3n) is 9.60. The van der Waals surface area contributed by atoms with Crippen LogP contribution in [0.25, 0.3) is 0 Å². The van der Waals surface area contributed by atoms with Gasteiger partial charge >= 0.3 is 6.03 Å². The van der Waals surface area contributed by atoms with Crippen LogP contribution in [0.2, 0.25) is 0 Å². The number of amides is 5. The molecule has 5 unspecified atom stereocenters. The van der Waals surface area contributed by atoms with E-state index in [4.69, 9.17) is 12.8 Å². The molecule has 0 bridgehead atoms. The number of piperidine rings is 1. The topological polar surface area (TPSA) is 154 Å². The Morgan fingerprint density at radius 2 is 1.67 bits per heavy atom. The minimum Gasteiger partial charge on any atom is -0.344 e. The predicted molar refractivity (Wildman–Crippen MR) is 173 cm³/mol. The van der Waals surface area contributed by atoms with Crippen molar-refractivity contribution in [2.45, 2.75) is 103 Å². The first-order valence-electron chi connectivity index (χ1n) is 15.7. The van der Waals surface area contributed by atoms with Gasteiger partial charge in [0.2, 0.25) is 17.6 Å². The van der Waals surface area contributed by atoms with Crippen LogP contribution in [0.5, 0.6) is 0 Å². The summed E-state index contributed by atoms with van der Waals surface area (Å²) in [6.45, 7) is 9.76. The summed E-state index contributed by atoms with van der Waals surface area (Å²) in [7, 11) is -1.12. The van der Waals surface area contributed by atoms with Crippen LogP contribution in [0.1, 0.15) is 79.6 Å². The number of ketones is 1. The highest BCUT2D eigenvalue weighted by molar-refractivity contribution is 7.84. The lowest BCUT2D eigenvalue weighted by Gasteiger charge is -2.40. The zero-order valence-corrected chi connectivity index (χ0v) is 28.2. The van der Waals surface area contributed by atoms with Gasteiger partial charge in [0, 0.05) is 35.8 Å². The average Bonchev–Trinajstić information content (AvgIpc) is 3.27. The van der Waals surface area contributed by atoms with E-state index in [9.17, 15) is 28.2 Å². The summed E-state index contributed by atoms with van der Waals surface area (Å²) in [6, 6.07) is -3.59. The minimum atomic E-state index is -1.19. The van der Waals surface area contributed by atoms with Gasteiger partial charge < -0.3 is 26.2 Å². The number of nitrogens with zero attached hydrogens (tertiary/aromatic N) is 1. The highest BCUT2D eigenvalue weighted by atomic mass is 32.2. The number of carbonyl (C=O) groups is 5. The number of nitrogens with one attached hydrogen (secondary N) is 4. The third kappa shape index (κ3) is 8.46. The van der Waals surface area contributed by atoms with Gasteiger partial charge in [-0.15, -0.1) is 18.8 Å². The van der Waals surface area contributed by atoms with Crippen LogP contribution in [0, 0.1) is 47.4 Å². The maximum Gasteiger partial charge on any atom is 0.315 e. The van der Waals surface area contributed by atoms with Crippen molar-refractivity contribution in [3.63, 3.8) is 0 Å². The van der Waals surface area contributed by atoms with Crippen LogP contribution in [0.15, 0.2) is 0 Å². The number of terminal acetylenes is 2. The van der Waals surface area contributed by atoms with Gasteiger partial charge in [-0.05, 0) is 41.9 Å². The van der Waals surface area contributed by atoms with E-state index in [1.54, 1.807) is 6.26 Å². The number of fused-ring (bicyclic) bond motifs is 1. The molecule has 0 spiro atoms. The van der Waals surface area contributed by atoms with Crippen molar-refractivity contribution in [3.8, 4) is 24.7 Å². The molecule has 1 aliphatic heterocycles. The minimum absolute atomic E-state index is 0.0410. The quantitative estimate of drug-likeness (QED) is 0.187. The second-order valence-corrected chi connectivity index (χ2v) is 15.8. The Hall–Kier alpha value is -3.38. The van der Waals surface area contributed by atoms with E-state index in [2.05, 4.69) is 33.1 Å². The first-order chi connectivity index (χ1) is 21.0. The number of carbonyl (C=O) groups excluding carboxylic acids is 5. The summed E-state index contributed by atoms with van der Waals surface area (Å²) < 4.78 is 12.2. The van der Waals surface area contributed by atoms with Gasteiger partial charge in [0.1, 0.15) is 12.1 Å². The van der Waals surface area contributed by atoms with Gasteiger partial charge in [-0.2, -0.15) is 0 Å². The van der Waals surface area contributed by atoms with Gasteiger partial charge in [-0.3, -0.25) is 23.4 Å². The van der Waals surface area contributed by atoms with E-state index in [0.717, 1.165) is 19.3 Å². The molecule has 12 heteroatoms. The molecule has 0 radical (unpaired) electrons. The molecule has 3 fully saturated rings. The maximum absolute atomic E-state index is 14.3. The van der Waals surface area contributed by atoms with Crippen LogP contribution in [0.4, 0.5) is 4.79 Å². The Morgan fingerprint density at radius 3 is 2.22 bits per heavy atom. The smallest absolute Gasteiger partial charge is 0.315 e. The van der Waals surface area contributed by atoms with Crippen LogP contribution in [0.3, 0.4) is 0 Å². The predicted octanol–water partition coefficient (Wildman–Crippen LogP) is 1.48. The monoisotopic (exact) mass is 643 g/mol. The van der Waals surface area contributed by atoms with Crippen molar-refractivity contribution in [1.82, 2.24) is 26.2 Å². The second kappa shape index (κ2) is 14.4. The summed E-state index contributed by atoms with van der Waals surface area (Å²) in [4.78, 5) is 68.5. The Kier molecular flexibility index (Phi) is 11.5. The highest BCUT2D eigenvalue weighted by Gasteiger charge is 2.70. The van der Waals surface area contributed by atoms with Crippen molar-refractivity contribution in [2.75, 3.05) is 25.1 Å². The maximum atomic E-state index is 14.3. The first kappa shape index (κ1) is 36.1. The van der Waals surface area contributed by atoms with E-state index >= 15 is 0 Å². The van der Waals surface area contributed by atoms with E-state index in [1.165, 1.54) is 4.90 Å². The van der Waals surface area contributed by atoms with E-state index in [-0.39, 0.29) is 36.6 Å². The zero-order chi connectivity index (χ0) is 33.7. The van der Waals surface area contributed by atoms with Crippen LogP contribution >= 0.6 is 0 Å². The number of rotatable bonds is 12. The van der Waals surface area contributed by atoms with Crippen molar-refractivity contribution < 1.29 is 28.2 Å². The summed E-state index contributed by atoms with van der Waals surface area (Å²) in [6.07, 6.45) is 16.7. The molecule has 6 atom stereocenters. The molecule has 3 rings (SSSR count). The Bertz CT molecular complexity index is 1290. The van der Waals surface area contributed by atoms with Gasteiger partial charge in [-0.1, -0.05) is 59.8 Å². The molecule has 2 aliphatic carbocycles. The Morgan fingerprint density at radius 1 is 1.02 bits per heavy atom. The summed E-state index contributed by atoms with van der Waals surface area (Å²) in [5.74, 6) is 2.13. The molecule has 3 aliphatic rings. The standard InChI is InChI=1S/C33H49N5O6S/c1-9-11-15-22(25(39)28(41)34-18-10-2)35-27(40)24-23-21(32(23,6)7)19-38(24)29(42)26(31(3,4)5)36-30(43)37-33(20-45(8)44)16-13-12-14-17-33/h1-2,21-24,26H,11-20H2,3-8H3,(H,34,41)(H,35,40)(H2,36,37,43)/t21?,22?,23?,24?,26-,45?/m1/s1. The molecular formula is C33H49N5O6S. The van der Waals surface area contributed by atoms with Gasteiger partial charge in [0.05, 0.1) is 18.1 Å². The second-order valence-electron chi connectivity index (χ2n) is 14.4. The van der Waals surface area contributed by atoms with Crippen LogP contribution in [-0.4, -0.2) is 87.4 Å². The van der Waals surface area contributed by atoms with E-state index < -0.39 is 69.4 Å². The molecule has 1 saturated heterocycles. The normalized spacial score (nSPS) is 24.8. The average molecular weight is 644 g/mol. The molecule has 11 nitrogen and oxygen atoms in total. The molecule has 0 aromatic heterocycles. The third-order valence-corrected chi connectivity index (χ3v) is 10.6. The zero-order valence-electron chi connectivity index (χ0n) is 27.4. The Labute approximate surface area is 270 Å². The van der Waals surface area contributed by atoms with Gasteiger partial charge in [-0.25, -0.2) is 4.79 Å². The fraction of sp³-hybridized carbons (Fsp3) is 0.727. The molecule has 0 aromatic rings. The fourth-order valence-corrected chi connectivity index (χ4v) is 8.23. The molecule has 248 valence electrons. The number of Topliss-reactive ketones (excluding diaryl/α,β-unsaturated/α-hetero) is 1. The van der Waals surface area contributed by atoms with Crippen molar-refractivity contribution >= 4 is 40.3 Å². The van der Waals surface area contributed by atoms with Gasteiger partial charge in [0.15, 0.2) is 0 Å². The highest BCUT2D eigenvalue weighted by Crippen LogP contribution is 2.65. The van der Waals surface area contributed by atoms with E-state index in [0.29, 0.717) is 25.1 Å². The van der Waals surface area contributed by atoms with Crippen LogP contribution in [-0.2, 0) is 30.0 Å². The number of hydrogen-bond donors (Lipinski definition) is 4. The first-order valence-corrected chi connectivity index (χ1v) is 17.4. The summed E-state index contributed by atoms with van der Waals surface area (Å²) >= 11 is 0.